The molecule has 0 N–H and O–H groups in total. The maximum atomic E-state index is 12.7. The van der Waals surface area contributed by atoms with Crippen LogP contribution >= 0.6 is 33.9 Å². The van der Waals surface area contributed by atoms with Gasteiger partial charge in [0, 0.05) is 21.5 Å². The van der Waals surface area contributed by atoms with Crippen LogP contribution in [0.5, 0.6) is 0 Å². The van der Waals surface area contributed by atoms with E-state index < -0.39 is 15.1 Å². The number of hydrogen-bond donors (Lipinski definition) is 0. The predicted molar refractivity (Wildman–Crippen MR) is 101 cm³/mol. The summed E-state index contributed by atoms with van der Waals surface area (Å²) in [5, 5.41) is 1.40. The summed E-state index contributed by atoms with van der Waals surface area (Å²) in [5.74, 6) is -0.0675. The Morgan fingerprint density at radius 3 is 2.65 bits per heavy atom. The third kappa shape index (κ3) is 3.61. The number of thiophene rings is 1. The largest absolute Gasteiger partial charge is 0.338 e. The van der Waals surface area contributed by atoms with Crippen LogP contribution in [-0.4, -0.2) is 38.1 Å². The van der Waals surface area contributed by atoms with Crippen molar-refractivity contribution >= 4 is 49.7 Å². The SMILES string of the molecule is O=C(c1ccccc1I)N1CCC(c2cccs2)S(=O)(=O)CC1. The molecule has 122 valence electrons. The minimum absolute atomic E-state index is 0.0186. The van der Waals surface area contributed by atoms with Gasteiger partial charge < -0.3 is 4.90 Å². The number of carbonyl (C=O) groups is 1. The summed E-state index contributed by atoms with van der Waals surface area (Å²) in [4.78, 5) is 15.2. The Balaban J connectivity index is 1.83. The number of halogens is 1. The maximum Gasteiger partial charge on any atom is 0.254 e. The van der Waals surface area contributed by atoms with Gasteiger partial charge >= 0.3 is 0 Å². The van der Waals surface area contributed by atoms with Crippen LogP contribution in [0.15, 0.2) is 41.8 Å². The van der Waals surface area contributed by atoms with E-state index in [1.165, 1.54) is 11.3 Å². The molecule has 3 rings (SSSR count). The standard InChI is InChI=1S/C16H16INO3S2/c17-13-5-2-1-4-12(13)16(19)18-8-7-15(14-6-3-10-22-14)23(20,21)11-9-18/h1-6,10,15H,7-9,11H2. The molecule has 1 saturated heterocycles. The van der Waals surface area contributed by atoms with E-state index in [9.17, 15) is 13.2 Å². The fourth-order valence-electron chi connectivity index (χ4n) is 2.75. The van der Waals surface area contributed by atoms with Crippen molar-refractivity contribution in [1.82, 2.24) is 4.90 Å². The number of rotatable bonds is 2. The van der Waals surface area contributed by atoms with Crippen LogP contribution in [0.2, 0.25) is 0 Å². The van der Waals surface area contributed by atoms with Crippen molar-refractivity contribution in [3.8, 4) is 0 Å². The molecule has 1 aliphatic heterocycles. The molecule has 0 spiro atoms. The molecule has 0 aliphatic carbocycles. The minimum atomic E-state index is -3.23. The lowest BCUT2D eigenvalue weighted by atomic mass is 10.2. The van der Waals surface area contributed by atoms with E-state index in [0.29, 0.717) is 18.5 Å². The fraction of sp³-hybridized carbons (Fsp3) is 0.312. The summed E-state index contributed by atoms with van der Waals surface area (Å²) in [6.07, 6.45) is 0.456. The van der Waals surface area contributed by atoms with E-state index in [1.54, 1.807) is 11.0 Å². The quantitative estimate of drug-likeness (QED) is 0.645. The first-order valence-corrected chi connectivity index (χ1v) is 11.0. The average molecular weight is 461 g/mol. The van der Waals surface area contributed by atoms with Crippen LogP contribution in [0.3, 0.4) is 0 Å². The molecule has 1 aromatic heterocycles. The molecule has 1 amide bonds. The average Bonchev–Trinajstić information content (AvgIpc) is 2.99. The maximum absolute atomic E-state index is 12.7. The predicted octanol–water partition coefficient (Wildman–Crippen LogP) is 3.35. The van der Waals surface area contributed by atoms with Gasteiger partial charge in [0.1, 0.15) is 0 Å². The highest BCUT2D eigenvalue weighted by atomic mass is 127. The third-order valence-electron chi connectivity index (χ3n) is 3.99. The molecule has 0 radical (unpaired) electrons. The first kappa shape index (κ1) is 16.9. The zero-order valence-electron chi connectivity index (χ0n) is 12.3. The van der Waals surface area contributed by atoms with Gasteiger partial charge in [0.25, 0.3) is 5.91 Å². The monoisotopic (exact) mass is 461 g/mol. The van der Waals surface area contributed by atoms with E-state index in [-0.39, 0.29) is 18.2 Å². The molecular weight excluding hydrogens is 445 g/mol. The zero-order chi connectivity index (χ0) is 16.4. The lowest BCUT2D eigenvalue weighted by Crippen LogP contribution is -2.34. The molecule has 1 atom stereocenters. The molecule has 1 aliphatic rings. The molecule has 1 unspecified atom stereocenters. The van der Waals surface area contributed by atoms with Gasteiger partial charge in [-0.2, -0.15) is 0 Å². The Labute approximate surface area is 153 Å². The van der Waals surface area contributed by atoms with Crippen LogP contribution in [0.4, 0.5) is 0 Å². The highest BCUT2D eigenvalue weighted by Gasteiger charge is 2.33. The van der Waals surface area contributed by atoms with Crippen molar-refractivity contribution in [1.29, 1.82) is 0 Å². The molecule has 2 heterocycles. The summed E-state index contributed by atoms with van der Waals surface area (Å²) in [5.41, 5.74) is 0.639. The summed E-state index contributed by atoms with van der Waals surface area (Å²) in [7, 11) is -3.23. The smallest absolute Gasteiger partial charge is 0.254 e. The van der Waals surface area contributed by atoms with Crippen molar-refractivity contribution in [3.63, 3.8) is 0 Å². The van der Waals surface area contributed by atoms with Crippen LogP contribution in [0.25, 0.3) is 0 Å². The van der Waals surface area contributed by atoms with Gasteiger partial charge in [0.2, 0.25) is 0 Å². The molecule has 2 aromatic rings. The van der Waals surface area contributed by atoms with Crippen LogP contribution in [0, 0.1) is 3.57 Å². The van der Waals surface area contributed by atoms with E-state index in [0.717, 1.165) is 8.45 Å². The second-order valence-electron chi connectivity index (χ2n) is 5.43. The topological polar surface area (TPSA) is 54.5 Å². The first-order valence-electron chi connectivity index (χ1n) is 7.28. The van der Waals surface area contributed by atoms with Crippen molar-refractivity contribution in [2.24, 2.45) is 0 Å². The highest BCUT2D eigenvalue weighted by molar-refractivity contribution is 14.1. The van der Waals surface area contributed by atoms with Crippen LogP contribution < -0.4 is 0 Å². The summed E-state index contributed by atoms with van der Waals surface area (Å²) in [6, 6.07) is 11.1. The van der Waals surface area contributed by atoms with Crippen molar-refractivity contribution in [2.75, 3.05) is 18.8 Å². The Morgan fingerprint density at radius 2 is 1.96 bits per heavy atom. The Morgan fingerprint density at radius 1 is 1.17 bits per heavy atom. The number of benzene rings is 1. The molecule has 0 bridgehead atoms. The Kier molecular flexibility index (Phi) is 5.07. The molecule has 4 nitrogen and oxygen atoms in total. The van der Waals surface area contributed by atoms with Crippen LogP contribution in [-0.2, 0) is 9.84 Å². The van der Waals surface area contributed by atoms with Gasteiger partial charge in [-0.05, 0) is 52.6 Å². The highest BCUT2D eigenvalue weighted by Crippen LogP contribution is 2.32. The lowest BCUT2D eigenvalue weighted by molar-refractivity contribution is 0.0765. The molecule has 7 heteroatoms. The normalized spacial score (nSPS) is 20.9. The van der Waals surface area contributed by atoms with Crippen molar-refractivity contribution in [2.45, 2.75) is 11.7 Å². The van der Waals surface area contributed by atoms with Gasteiger partial charge in [-0.3, -0.25) is 4.79 Å². The summed E-state index contributed by atoms with van der Waals surface area (Å²) in [6.45, 7) is 0.722. The van der Waals surface area contributed by atoms with Gasteiger partial charge in [-0.1, -0.05) is 18.2 Å². The zero-order valence-corrected chi connectivity index (χ0v) is 16.1. The van der Waals surface area contributed by atoms with Crippen molar-refractivity contribution < 1.29 is 13.2 Å². The number of amides is 1. The van der Waals surface area contributed by atoms with Gasteiger partial charge in [-0.15, -0.1) is 11.3 Å². The number of carbonyl (C=O) groups excluding carboxylic acids is 1. The summed E-state index contributed by atoms with van der Waals surface area (Å²) >= 11 is 3.60. The van der Waals surface area contributed by atoms with Crippen LogP contribution in [0.1, 0.15) is 26.9 Å². The molecular formula is C16H16INO3S2. The Hall–Kier alpha value is -0.930. The minimum Gasteiger partial charge on any atom is -0.338 e. The molecule has 1 fully saturated rings. The van der Waals surface area contributed by atoms with Gasteiger partial charge in [0.15, 0.2) is 9.84 Å². The first-order chi connectivity index (χ1) is 11.0. The number of sulfone groups is 1. The fourth-order valence-corrected chi connectivity index (χ4v) is 6.37. The molecule has 0 saturated carbocycles. The number of nitrogens with zero attached hydrogens (tertiary/aromatic N) is 1. The second-order valence-corrected chi connectivity index (χ2v) is 9.88. The number of hydrogen-bond acceptors (Lipinski definition) is 4. The van der Waals surface area contributed by atoms with E-state index in [2.05, 4.69) is 22.6 Å². The van der Waals surface area contributed by atoms with E-state index in [4.69, 9.17) is 0 Å². The third-order valence-corrected chi connectivity index (χ3v) is 8.18. The lowest BCUT2D eigenvalue weighted by Gasteiger charge is -2.20. The van der Waals surface area contributed by atoms with E-state index >= 15 is 0 Å². The molecule has 23 heavy (non-hydrogen) atoms. The second kappa shape index (κ2) is 6.90. The van der Waals surface area contributed by atoms with Crippen molar-refractivity contribution in [3.05, 3.63) is 55.8 Å². The van der Waals surface area contributed by atoms with Gasteiger partial charge in [-0.25, -0.2) is 8.42 Å². The Bertz CT molecular complexity index is 802. The summed E-state index contributed by atoms with van der Waals surface area (Å²) < 4.78 is 26.0. The molecule has 1 aromatic carbocycles. The van der Waals surface area contributed by atoms with E-state index in [1.807, 2.05) is 35.7 Å². The van der Waals surface area contributed by atoms with Gasteiger partial charge in [0.05, 0.1) is 16.6 Å².